The summed E-state index contributed by atoms with van der Waals surface area (Å²) in [7, 11) is 0. The first kappa shape index (κ1) is 21.0. The Hall–Kier alpha value is -1.76. The van der Waals surface area contributed by atoms with Crippen molar-refractivity contribution in [2.24, 2.45) is 0 Å². The molecule has 2 atom stereocenters. The number of hydrogen-bond acceptors (Lipinski definition) is 6. The third-order valence-electron chi connectivity index (χ3n) is 4.50. The number of ether oxygens (including phenoxy) is 3. The van der Waals surface area contributed by atoms with Crippen LogP contribution in [0.2, 0.25) is 0 Å². The summed E-state index contributed by atoms with van der Waals surface area (Å²) in [6.45, 7) is 8.74. The lowest BCUT2D eigenvalue weighted by atomic mass is 9.99. The van der Waals surface area contributed by atoms with Crippen molar-refractivity contribution in [3.8, 4) is 10.6 Å². The van der Waals surface area contributed by atoms with E-state index < -0.39 is 5.60 Å². The summed E-state index contributed by atoms with van der Waals surface area (Å²) in [5.74, 6) is -0.546. The van der Waals surface area contributed by atoms with E-state index in [1.807, 2.05) is 57.3 Å². The van der Waals surface area contributed by atoms with E-state index >= 15 is 0 Å². The smallest absolute Gasteiger partial charge is 0.313 e. The monoisotopic (exact) mass is 403 g/mol. The van der Waals surface area contributed by atoms with Gasteiger partial charge in [0.1, 0.15) is 10.6 Å². The van der Waals surface area contributed by atoms with Gasteiger partial charge in [-0.2, -0.15) is 0 Å². The van der Waals surface area contributed by atoms with Crippen molar-refractivity contribution in [3.63, 3.8) is 0 Å². The molecule has 0 aliphatic carbocycles. The summed E-state index contributed by atoms with van der Waals surface area (Å²) in [5, 5.41) is 2.93. The van der Waals surface area contributed by atoms with Gasteiger partial charge >= 0.3 is 5.97 Å². The first-order valence-corrected chi connectivity index (χ1v) is 10.7. The van der Waals surface area contributed by atoms with Crippen LogP contribution in [0.15, 0.2) is 29.6 Å². The Labute approximate surface area is 171 Å². The molecule has 6 heteroatoms. The number of benzene rings is 1. The molecule has 0 spiro atoms. The fourth-order valence-corrected chi connectivity index (χ4v) is 3.80. The SMILES string of the molecule is CC(C(=O)OC(C)(C)C)c1cccc(-c2nc(COC3CCCCO3)cs2)c1. The van der Waals surface area contributed by atoms with E-state index in [1.165, 1.54) is 0 Å². The third kappa shape index (κ3) is 5.87. The normalized spacial score (nSPS) is 18.6. The molecule has 0 amide bonds. The first-order chi connectivity index (χ1) is 13.3. The van der Waals surface area contributed by atoms with E-state index in [9.17, 15) is 4.79 Å². The molecule has 1 aliphatic rings. The predicted octanol–water partition coefficient (Wildman–Crippen LogP) is 5.30. The van der Waals surface area contributed by atoms with Gasteiger partial charge in [0.2, 0.25) is 0 Å². The van der Waals surface area contributed by atoms with Gasteiger partial charge in [-0.25, -0.2) is 4.98 Å². The molecule has 1 saturated heterocycles. The molecule has 2 unspecified atom stereocenters. The maximum atomic E-state index is 12.4. The van der Waals surface area contributed by atoms with Crippen LogP contribution < -0.4 is 0 Å². The second-order valence-corrected chi connectivity index (χ2v) is 8.99. The average Bonchev–Trinajstić information content (AvgIpc) is 3.14. The number of hydrogen-bond donors (Lipinski definition) is 0. The molecule has 0 saturated carbocycles. The Kier molecular flexibility index (Phi) is 6.86. The minimum atomic E-state index is -0.491. The lowest BCUT2D eigenvalue weighted by molar-refractivity contribution is -0.169. The summed E-state index contributed by atoms with van der Waals surface area (Å²) < 4.78 is 16.9. The van der Waals surface area contributed by atoms with Crippen molar-refractivity contribution in [3.05, 3.63) is 40.9 Å². The zero-order valence-corrected chi connectivity index (χ0v) is 17.9. The van der Waals surface area contributed by atoms with Gasteiger partial charge in [0.15, 0.2) is 6.29 Å². The molecule has 152 valence electrons. The van der Waals surface area contributed by atoms with E-state index in [0.717, 1.165) is 47.7 Å². The topological polar surface area (TPSA) is 57.7 Å². The summed E-state index contributed by atoms with van der Waals surface area (Å²) in [6.07, 6.45) is 3.09. The third-order valence-corrected chi connectivity index (χ3v) is 5.44. The van der Waals surface area contributed by atoms with Crippen LogP contribution >= 0.6 is 11.3 Å². The fourth-order valence-electron chi connectivity index (χ4n) is 2.99. The Bertz CT molecular complexity index is 790. The number of esters is 1. The molecule has 2 aromatic rings. The Morgan fingerprint density at radius 1 is 1.36 bits per heavy atom. The van der Waals surface area contributed by atoms with Crippen molar-refractivity contribution < 1.29 is 19.0 Å². The highest BCUT2D eigenvalue weighted by molar-refractivity contribution is 7.13. The minimum Gasteiger partial charge on any atom is -0.460 e. The van der Waals surface area contributed by atoms with Crippen LogP contribution in [-0.4, -0.2) is 29.5 Å². The van der Waals surface area contributed by atoms with E-state index in [-0.39, 0.29) is 18.2 Å². The summed E-state index contributed by atoms with van der Waals surface area (Å²) in [5.41, 5.74) is 2.34. The molecular formula is C22H29NO4S. The lowest BCUT2D eigenvalue weighted by Gasteiger charge is -2.22. The van der Waals surface area contributed by atoms with Gasteiger partial charge < -0.3 is 14.2 Å². The second-order valence-electron chi connectivity index (χ2n) is 8.13. The fraction of sp³-hybridized carbons (Fsp3) is 0.545. The minimum absolute atomic E-state index is 0.114. The quantitative estimate of drug-likeness (QED) is 0.613. The molecule has 5 nitrogen and oxygen atoms in total. The van der Waals surface area contributed by atoms with Crippen molar-refractivity contribution in [1.82, 2.24) is 4.98 Å². The van der Waals surface area contributed by atoms with E-state index in [2.05, 4.69) is 0 Å². The molecule has 1 aromatic heterocycles. The molecular weight excluding hydrogens is 374 g/mol. The van der Waals surface area contributed by atoms with Crippen LogP contribution in [0.1, 0.15) is 64.1 Å². The van der Waals surface area contributed by atoms with Crippen molar-refractivity contribution >= 4 is 17.3 Å². The molecule has 0 N–H and O–H groups in total. The maximum Gasteiger partial charge on any atom is 0.313 e. The summed E-state index contributed by atoms with van der Waals surface area (Å²) in [6, 6.07) is 7.94. The van der Waals surface area contributed by atoms with Gasteiger partial charge in [0.05, 0.1) is 18.2 Å². The summed E-state index contributed by atoms with van der Waals surface area (Å²) in [4.78, 5) is 17.1. The van der Waals surface area contributed by atoms with Crippen molar-refractivity contribution in [1.29, 1.82) is 0 Å². The van der Waals surface area contributed by atoms with Crippen LogP contribution in [0.5, 0.6) is 0 Å². The number of nitrogens with zero attached hydrogens (tertiary/aromatic N) is 1. The molecule has 3 rings (SSSR count). The second kappa shape index (κ2) is 9.16. The van der Waals surface area contributed by atoms with E-state index in [0.29, 0.717) is 6.61 Å². The highest BCUT2D eigenvalue weighted by Crippen LogP contribution is 2.28. The number of rotatable bonds is 6. The van der Waals surface area contributed by atoms with Crippen molar-refractivity contribution in [2.75, 3.05) is 6.61 Å². The van der Waals surface area contributed by atoms with Gasteiger partial charge in [-0.05, 0) is 58.6 Å². The number of aromatic nitrogens is 1. The Morgan fingerprint density at radius 2 is 2.18 bits per heavy atom. The van der Waals surface area contributed by atoms with Crippen LogP contribution in [0, 0.1) is 0 Å². The van der Waals surface area contributed by atoms with Crippen molar-refractivity contribution in [2.45, 2.75) is 71.4 Å². The molecule has 0 bridgehead atoms. The highest BCUT2D eigenvalue weighted by atomic mass is 32.1. The lowest BCUT2D eigenvalue weighted by Crippen LogP contribution is -2.26. The van der Waals surface area contributed by atoms with Crippen LogP contribution in [0.25, 0.3) is 10.6 Å². The summed E-state index contributed by atoms with van der Waals surface area (Å²) >= 11 is 1.58. The average molecular weight is 404 g/mol. The molecule has 2 heterocycles. The van der Waals surface area contributed by atoms with Crippen LogP contribution in [-0.2, 0) is 25.6 Å². The zero-order valence-electron chi connectivity index (χ0n) is 17.1. The largest absolute Gasteiger partial charge is 0.460 e. The van der Waals surface area contributed by atoms with Gasteiger partial charge in [0.25, 0.3) is 0 Å². The molecule has 1 aromatic carbocycles. The number of thiazole rings is 1. The van der Waals surface area contributed by atoms with Crippen LogP contribution in [0.4, 0.5) is 0 Å². The predicted molar refractivity (Wildman–Crippen MR) is 110 cm³/mol. The van der Waals surface area contributed by atoms with Gasteiger partial charge in [-0.15, -0.1) is 11.3 Å². The van der Waals surface area contributed by atoms with Gasteiger partial charge in [-0.1, -0.05) is 18.2 Å². The Morgan fingerprint density at radius 3 is 2.89 bits per heavy atom. The molecule has 1 fully saturated rings. The van der Waals surface area contributed by atoms with E-state index in [4.69, 9.17) is 19.2 Å². The highest BCUT2D eigenvalue weighted by Gasteiger charge is 2.23. The van der Waals surface area contributed by atoms with Gasteiger partial charge in [0, 0.05) is 17.6 Å². The van der Waals surface area contributed by atoms with Gasteiger partial charge in [-0.3, -0.25) is 4.79 Å². The molecule has 0 radical (unpaired) electrons. The van der Waals surface area contributed by atoms with E-state index in [1.54, 1.807) is 11.3 Å². The maximum absolute atomic E-state index is 12.4. The standard InChI is InChI=1S/C22H29NO4S/c1-15(21(24)27-22(2,3)4)16-8-7-9-17(12-16)20-23-18(14-28-20)13-26-19-10-5-6-11-25-19/h7-9,12,14-15,19H,5-6,10-11,13H2,1-4H3. The zero-order chi connectivity index (χ0) is 20.1. The first-order valence-electron chi connectivity index (χ1n) is 9.82. The Balaban J connectivity index is 1.65. The molecule has 1 aliphatic heterocycles. The number of carbonyl (C=O) groups is 1. The molecule has 28 heavy (non-hydrogen) atoms. The van der Waals surface area contributed by atoms with Crippen LogP contribution in [0.3, 0.4) is 0 Å². The number of carbonyl (C=O) groups excluding carboxylic acids is 1.